The van der Waals surface area contributed by atoms with Gasteiger partial charge in [0.25, 0.3) is 0 Å². The first-order valence-corrected chi connectivity index (χ1v) is 9.94. The van der Waals surface area contributed by atoms with Crippen molar-refractivity contribution in [2.24, 2.45) is 4.99 Å². The molecular formula is C20H15Cl2N3OS. The highest BCUT2D eigenvalue weighted by Gasteiger charge is 2.39. The molecule has 2 aromatic carbocycles. The number of hydrogen-bond donors (Lipinski definition) is 1. The Hall–Kier alpha value is -2.34. The SMILES string of the molecule is O=C1NC(=NCc2ccccc2)C(c2cccs2)N1c1ccc(Cl)c(Cl)c1. The topological polar surface area (TPSA) is 44.7 Å². The number of amidine groups is 1. The summed E-state index contributed by atoms with van der Waals surface area (Å²) in [5.41, 5.74) is 1.75. The van der Waals surface area contributed by atoms with Gasteiger partial charge in [-0.1, -0.05) is 59.6 Å². The van der Waals surface area contributed by atoms with Gasteiger partial charge in [-0.3, -0.25) is 15.2 Å². The number of nitrogens with one attached hydrogen (secondary N) is 1. The molecule has 1 saturated heterocycles. The van der Waals surface area contributed by atoms with Crippen LogP contribution in [0.25, 0.3) is 0 Å². The molecule has 27 heavy (non-hydrogen) atoms. The molecule has 1 fully saturated rings. The Morgan fingerprint density at radius 3 is 2.56 bits per heavy atom. The van der Waals surface area contributed by atoms with Crippen LogP contribution < -0.4 is 10.2 Å². The lowest BCUT2D eigenvalue weighted by Crippen LogP contribution is -2.29. The molecule has 0 saturated carbocycles. The van der Waals surface area contributed by atoms with Crippen molar-refractivity contribution >= 4 is 52.1 Å². The first-order chi connectivity index (χ1) is 13.1. The van der Waals surface area contributed by atoms with Crippen LogP contribution in [0, 0.1) is 0 Å². The van der Waals surface area contributed by atoms with Crippen molar-refractivity contribution in [2.75, 3.05) is 4.90 Å². The number of halogens is 2. The van der Waals surface area contributed by atoms with Gasteiger partial charge in [0, 0.05) is 10.6 Å². The normalized spacial score (nSPS) is 18.1. The quantitative estimate of drug-likeness (QED) is 0.563. The monoisotopic (exact) mass is 415 g/mol. The zero-order valence-corrected chi connectivity index (χ0v) is 16.4. The third kappa shape index (κ3) is 3.72. The summed E-state index contributed by atoms with van der Waals surface area (Å²) in [5, 5.41) is 5.75. The van der Waals surface area contributed by atoms with Crippen LogP contribution in [-0.2, 0) is 6.54 Å². The van der Waals surface area contributed by atoms with Crippen LogP contribution in [0.15, 0.2) is 71.0 Å². The fourth-order valence-electron chi connectivity index (χ4n) is 2.97. The second-order valence-corrected chi connectivity index (χ2v) is 7.80. The van der Waals surface area contributed by atoms with Gasteiger partial charge in [0.1, 0.15) is 11.9 Å². The second kappa shape index (κ2) is 7.72. The van der Waals surface area contributed by atoms with Crippen LogP contribution in [0.3, 0.4) is 0 Å². The van der Waals surface area contributed by atoms with Gasteiger partial charge in [-0.25, -0.2) is 4.79 Å². The van der Waals surface area contributed by atoms with Crippen LogP contribution in [0.2, 0.25) is 10.0 Å². The molecule has 3 aromatic rings. The third-order valence-corrected chi connectivity index (χ3v) is 5.90. The number of anilines is 1. The molecule has 0 radical (unpaired) electrons. The maximum absolute atomic E-state index is 12.8. The van der Waals surface area contributed by atoms with E-state index in [-0.39, 0.29) is 12.1 Å². The van der Waals surface area contributed by atoms with Gasteiger partial charge < -0.3 is 0 Å². The summed E-state index contributed by atoms with van der Waals surface area (Å²) in [7, 11) is 0. The minimum absolute atomic E-state index is 0.237. The molecule has 4 nitrogen and oxygen atoms in total. The smallest absolute Gasteiger partial charge is 0.294 e. The molecule has 2 amide bonds. The number of thiophene rings is 1. The van der Waals surface area contributed by atoms with Crippen molar-refractivity contribution in [1.82, 2.24) is 5.32 Å². The maximum atomic E-state index is 12.8. The van der Waals surface area contributed by atoms with Crippen molar-refractivity contribution < 1.29 is 4.79 Å². The minimum Gasteiger partial charge on any atom is -0.294 e. The van der Waals surface area contributed by atoms with Crippen molar-refractivity contribution in [3.63, 3.8) is 0 Å². The lowest BCUT2D eigenvalue weighted by atomic mass is 10.1. The summed E-state index contributed by atoms with van der Waals surface area (Å²) >= 11 is 13.8. The predicted octanol–water partition coefficient (Wildman–Crippen LogP) is 5.92. The van der Waals surface area contributed by atoms with E-state index in [0.29, 0.717) is 28.1 Å². The summed E-state index contributed by atoms with van der Waals surface area (Å²) < 4.78 is 0. The van der Waals surface area contributed by atoms with Crippen LogP contribution in [0.4, 0.5) is 10.5 Å². The van der Waals surface area contributed by atoms with Gasteiger partial charge in [-0.2, -0.15) is 0 Å². The van der Waals surface area contributed by atoms with Crippen molar-refractivity contribution in [2.45, 2.75) is 12.6 Å². The number of urea groups is 1. The molecule has 1 aliphatic rings. The summed E-state index contributed by atoms with van der Waals surface area (Å²) in [6.07, 6.45) is 0. The molecule has 1 N–H and O–H groups in total. The zero-order chi connectivity index (χ0) is 18.8. The Bertz CT molecular complexity index is 990. The van der Waals surface area contributed by atoms with E-state index in [2.05, 4.69) is 10.3 Å². The number of carbonyl (C=O) groups is 1. The Labute approximate surface area is 171 Å². The molecule has 136 valence electrons. The average molecular weight is 416 g/mol. The highest BCUT2D eigenvalue weighted by atomic mass is 35.5. The first-order valence-electron chi connectivity index (χ1n) is 8.30. The average Bonchev–Trinajstić information content (AvgIpc) is 3.30. The molecular weight excluding hydrogens is 401 g/mol. The van der Waals surface area contributed by atoms with E-state index in [1.54, 1.807) is 34.4 Å². The standard InChI is InChI=1S/C20H15Cl2N3OS/c21-15-9-8-14(11-16(15)22)25-18(17-7-4-10-27-17)19(24-20(25)26)23-12-13-5-2-1-3-6-13/h1-11,18H,12H2,(H,23,24,26). The molecule has 2 heterocycles. The Balaban J connectivity index is 1.72. The van der Waals surface area contributed by atoms with E-state index in [9.17, 15) is 4.79 Å². The van der Waals surface area contributed by atoms with Gasteiger partial charge in [-0.05, 0) is 35.2 Å². The van der Waals surface area contributed by atoms with E-state index >= 15 is 0 Å². The van der Waals surface area contributed by atoms with E-state index in [1.165, 1.54) is 0 Å². The Kier molecular flexibility index (Phi) is 5.16. The van der Waals surface area contributed by atoms with E-state index in [0.717, 1.165) is 10.4 Å². The van der Waals surface area contributed by atoms with Crippen LogP contribution in [0.1, 0.15) is 16.5 Å². The highest BCUT2D eigenvalue weighted by Crippen LogP contribution is 2.36. The van der Waals surface area contributed by atoms with Crippen molar-refractivity contribution in [3.05, 3.63) is 86.5 Å². The van der Waals surface area contributed by atoms with Gasteiger partial charge in [0.05, 0.1) is 16.6 Å². The molecule has 1 aliphatic heterocycles. The molecule has 0 aliphatic carbocycles. The fourth-order valence-corrected chi connectivity index (χ4v) is 4.08. The predicted molar refractivity (Wildman–Crippen MR) is 112 cm³/mol. The van der Waals surface area contributed by atoms with Crippen molar-refractivity contribution in [3.8, 4) is 0 Å². The second-order valence-electron chi connectivity index (χ2n) is 6.00. The molecule has 1 aromatic heterocycles. The van der Waals surface area contributed by atoms with E-state index in [1.807, 2.05) is 47.8 Å². The lowest BCUT2D eigenvalue weighted by molar-refractivity contribution is 0.252. The minimum atomic E-state index is -0.321. The number of rotatable bonds is 4. The number of benzene rings is 2. The summed E-state index contributed by atoms with van der Waals surface area (Å²) in [6.45, 7) is 0.494. The van der Waals surface area contributed by atoms with Crippen molar-refractivity contribution in [1.29, 1.82) is 0 Å². The van der Waals surface area contributed by atoms with Crippen LogP contribution in [-0.4, -0.2) is 11.9 Å². The number of carbonyl (C=O) groups excluding carboxylic acids is 1. The number of aliphatic imine (C=N–C) groups is 1. The number of nitrogens with zero attached hydrogens (tertiary/aromatic N) is 2. The number of amides is 2. The molecule has 0 spiro atoms. The fraction of sp³-hybridized carbons (Fsp3) is 0.100. The molecule has 4 rings (SSSR count). The van der Waals surface area contributed by atoms with Crippen LogP contribution >= 0.6 is 34.5 Å². The largest absolute Gasteiger partial charge is 0.328 e. The van der Waals surface area contributed by atoms with Gasteiger partial charge in [-0.15, -0.1) is 11.3 Å². The lowest BCUT2D eigenvalue weighted by Gasteiger charge is -2.22. The Morgan fingerprint density at radius 1 is 1.04 bits per heavy atom. The first kappa shape index (κ1) is 18.0. The highest BCUT2D eigenvalue weighted by molar-refractivity contribution is 7.10. The summed E-state index contributed by atoms with van der Waals surface area (Å²) in [6, 6.07) is 18.5. The molecule has 0 bridgehead atoms. The summed E-state index contributed by atoms with van der Waals surface area (Å²) in [5.74, 6) is 0.623. The van der Waals surface area contributed by atoms with Gasteiger partial charge in [0.15, 0.2) is 0 Å². The van der Waals surface area contributed by atoms with Gasteiger partial charge in [0.2, 0.25) is 0 Å². The molecule has 1 atom stereocenters. The molecule has 1 unspecified atom stereocenters. The summed E-state index contributed by atoms with van der Waals surface area (Å²) in [4.78, 5) is 20.1. The third-order valence-electron chi connectivity index (χ3n) is 4.24. The zero-order valence-electron chi connectivity index (χ0n) is 14.1. The van der Waals surface area contributed by atoms with E-state index in [4.69, 9.17) is 23.2 Å². The van der Waals surface area contributed by atoms with Gasteiger partial charge >= 0.3 is 6.03 Å². The van der Waals surface area contributed by atoms with Crippen LogP contribution in [0.5, 0.6) is 0 Å². The maximum Gasteiger partial charge on any atom is 0.328 e. The Morgan fingerprint density at radius 2 is 1.85 bits per heavy atom. The molecule has 7 heteroatoms. The number of hydrogen-bond acceptors (Lipinski definition) is 3. The van der Waals surface area contributed by atoms with E-state index < -0.39 is 0 Å².